The molecule has 0 fully saturated rings. The Morgan fingerprint density at radius 2 is 2.03 bits per heavy atom. The number of azo groups is 1. The van der Waals surface area contributed by atoms with E-state index in [1.54, 1.807) is 27.3 Å². The molecule has 1 amide bonds. The summed E-state index contributed by atoms with van der Waals surface area (Å²) in [5, 5.41) is 19.6. The summed E-state index contributed by atoms with van der Waals surface area (Å²) < 4.78 is 3.40. The second-order valence-corrected chi connectivity index (χ2v) is 7.26. The number of carbonyl (C=O) groups is 1. The molecule has 8 nitrogen and oxygen atoms in total. The molecule has 2 aromatic carbocycles. The fourth-order valence-electron chi connectivity index (χ4n) is 4.06. The summed E-state index contributed by atoms with van der Waals surface area (Å²) in [6.07, 6.45) is 1.65. The zero-order valence-corrected chi connectivity index (χ0v) is 16.4. The number of aromatic hydroxyl groups is 1. The Labute approximate surface area is 171 Å². The zero-order valence-electron chi connectivity index (χ0n) is 16.4. The molecule has 0 radical (unpaired) electrons. The number of para-hydroxylation sites is 1. The predicted octanol–water partition coefficient (Wildman–Crippen LogP) is 3.95. The minimum absolute atomic E-state index is 0.0287. The molecule has 1 aliphatic heterocycles. The third kappa shape index (κ3) is 2.72. The van der Waals surface area contributed by atoms with Crippen molar-refractivity contribution in [1.29, 1.82) is 0 Å². The normalized spacial score (nSPS) is 13.5. The minimum atomic E-state index is -0.563. The Hall–Kier alpha value is -3.81. The molecule has 150 valence electrons. The molecule has 3 heterocycles. The van der Waals surface area contributed by atoms with E-state index in [-0.39, 0.29) is 17.1 Å². The Bertz CT molecular complexity index is 1410. The number of nitrogens with zero attached hydrogens (tertiary/aromatic N) is 5. The number of hydrogen-bond acceptors (Lipinski definition) is 5. The van der Waals surface area contributed by atoms with E-state index in [1.807, 2.05) is 31.2 Å². The average molecular weight is 401 g/mol. The smallest absolute Gasteiger partial charge is 0.295 e. The number of aromatic nitrogens is 3. The van der Waals surface area contributed by atoms with Crippen molar-refractivity contribution >= 4 is 33.4 Å². The first kappa shape index (κ1) is 18.2. The number of amides is 1. The molecule has 0 unspecified atom stereocenters. The lowest BCUT2D eigenvalue weighted by Gasteiger charge is -2.05. The molecule has 2 aromatic heterocycles. The number of benzene rings is 2. The van der Waals surface area contributed by atoms with Crippen LogP contribution in [0.2, 0.25) is 0 Å². The fraction of sp³-hybridized carbons (Fsp3) is 0.227. The van der Waals surface area contributed by atoms with Crippen LogP contribution in [0.5, 0.6) is 5.88 Å². The zero-order chi connectivity index (χ0) is 20.8. The van der Waals surface area contributed by atoms with Gasteiger partial charge in [-0.05, 0) is 37.6 Å². The third-order valence-corrected chi connectivity index (χ3v) is 5.54. The van der Waals surface area contributed by atoms with Crippen molar-refractivity contribution in [2.24, 2.45) is 10.2 Å². The first-order chi connectivity index (χ1) is 14.6. The Balaban J connectivity index is 1.53. The van der Waals surface area contributed by atoms with Crippen LogP contribution in [0, 0.1) is 0 Å². The van der Waals surface area contributed by atoms with Crippen molar-refractivity contribution in [1.82, 2.24) is 14.1 Å². The van der Waals surface area contributed by atoms with Gasteiger partial charge in [0.05, 0.1) is 16.4 Å². The van der Waals surface area contributed by atoms with Crippen molar-refractivity contribution < 1.29 is 9.90 Å². The second kappa shape index (κ2) is 6.91. The number of hydrogen-bond donors (Lipinski definition) is 1. The molecule has 1 N–H and O–H groups in total. The monoisotopic (exact) mass is 401 g/mol. The maximum atomic E-state index is 12.6. The van der Waals surface area contributed by atoms with Crippen molar-refractivity contribution in [3.8, 4) is 5.88 Å². The molecule has 0 spiro atoms. The SMILES string of the molecule is CCn1c(O)c(N=NC(=O)c2ccc3c(=O)n4c(nc3c2)CCC4)c2ccccc21. The van der Waals surface area contributed by atoms with Crippen LogP contribution in [-0.2, 0) is 19.5 Å². The summed E-state index contributed by atoms with van der Waals surface area (Å²) in [6.45, 7) is 3.16. The fourth-order valence-corrected chi connectivity index (χ4v) is 4.06. The van der Waals surface area contributed by atoms with Gasteiger partial charge in [-0.25, -0.2) is 4.98 Å². The van der Waals surface area contributed by atoms with Crippen molar-refractivity contribution in [3.05, 3.63) is 64.2 Å². The van der Waals surface area contributed by atoms with Crippen LogP contribution in [0.15, 0.2) is 57.5 Å². The standard InChI is InChI=1S/C22H19N5O3/c1-2-26-17-7-4-3-6-15(17)19(22(26)30)24-25-20(28)13-9-10-14-16(12-13)23-18-8-5-11-27(18)21(14)29/h3-4,6-7,9-10,12,30H,2,5,8,11H2,1H3. The van der Waals surface area contributed by atoms with E-state index in [1.165, 1.54) is 0 Å². The van der Waals surface area contributed by atoms with Gasteiger partial charge in [0, 0.05) is 30.5 Å². The van der Waals surface area contributed by atoms with Crippen molar-refractivity contribution in [2.75, 3.05) is 0 Å². The molecular formula is C22H19N5O3. The molecule has 0 bridgehead atoms. The summed E-state index contributed by atoms with van der Waals surface area (Å²) in [7, 11) is 0. The molecule has 8 heteroatoms. The molecule has 4 aromatic rings. The highest BCUT2D eigenvalue weighted by Gasteiger charge is 2.18. The van der Waals surface area contributed by atoms with Crippen LogP contribution in [-0.4, -0.2) is 25.1 Å². The highest BCUT2D eigenvalue weighted by Crippen LogP contribution is 2.38. The molecule has 0 saturated carbocycles. The molecule has 0 saturated heterocycles. The van der Waals surface area contributed by atoms with Gasteiger partial charge in [0.2, 0.25) is 5.88 Å². The first-order valence-electron chi connectivity index (χ1n) is 9.88. The van der Waals surface area contributed by atoms with Crippen LogP contribution < -0.4 is 5.56 Å². The Morgan fingerprint density at radius 1 is 1.20 bits per heavy atom. The lowest BCUT2D eigenvalue weighted by molar-refractivity contribution is 0.0995. The maximum absolute atomic E-state index is 12.6. The number of fused-ring (bicyclic) bond motifs is 3. The van der Waals surface area contributed by atoms with E-state index in [2.05, 4.69) is 15.2 Å². The summed E-state index contributed by atoms with van der Waals surface area (Å²) in [5.41, 5.74) is 1.78. The topological polar surface area (TPSA) is 102 Å². The highest BCUT2D eigenvalue weighted by molar-refractivity contribution is 5.99. The van der Waals surface area contributed by atoms with Gasteiger partial charge in [0.1, 0.15) is 5.82 Å². The lowest BCUT2D eigenvalue weighted by atomic mass is 10.1. The number of rotatable bonds is 3. The second-order valence-electron chi connectivity index (χ2n) is 7.26. The van der Waals surface area contributed by atoms with Gasteiger partial charge in [-0.15, -0.1) is 10.2 Å². The summed E-state index contributed by atoms with van der Waals surface area (Å²) >= 11 is 0. The largest absolute Gasteiger partial charge is 0.493 e. The minimum Gasteiger partial charge on any atom is -0.493 e. The summed E-state index contributed by atoms with van der Waals surface area (Å²) in [6, 6.07) is 12.2. The third-order valence-electron chi connectivity index (χ3n) is 5.54. The van der Waals surface area contributed by atoms with E-state index in [0.717, 1.165) is 29.6 Å². The van der Waals surface area contributed by atoms with Crippen molar-refractivity contribution in [3.63, 3.8) is 0 Å². The first-order valence-corrected chi connectivity index (χ1v) is 9.88. The number of aryl methyl sites for hydroxylation is 2. The molecular weight excluding hydrogens is 382 g/mol. The molecule has 0 atom stereocenters. The van der Waals surface area contributed by atoms with E-state index >= 15 is 0 Å². The molecule has 5 rings (SSSR count). The van der Waals surface area contributed by atoms with Gasteiger partial charge in [-0.2, -0.15) is 0 Å². The van der Waals surface area contributed by atoms with Gasteiger partial charge in [-0.3, -0.25) is 14.2 Å². The summed E-state index contributed by atoms with van der Waals surface area (Å²) in [4.78, 5) is 29.8. The van der Waals surface area contributed by atoms with Crippen LogP contribution in [0.4, 0.5) is 5.69 Å². The quantitative estimate of drug-likeness (QED) is 0.525. The van der Waals surface area contributed by atoms with Crippen LogP contribution in [0.1, 0.15) is 29.5 Å². The average Bonchev–Trinajstić information content (AvgIpc) is 3.33. The van der Waals surface area contributed by atoms with Gasteiger partial charge in [-0.1, -0.05) is 18.2 Å². The Morgan fingerprint density at radius 3 is 2.87 bits per heavy atom. The van der Waals surface area contributed by atoms with E-state index in [0.29, 0.717) is 29.6 Å². The van der Waals surface area contributed by atoms with Crippen LogP contribution in [0.25, 0.3) is 21.8 Å². The van der Waals surface area contributed by atoms with Gasteiger partial charge < -0.3 is 9.67 Å². The van der Waals surface area contributed by atoms with E-state index < -0.39 is 5.91 Å². The van der Waals surface area contributed by atoms with E-state index in [9.17, 15) is 14.7 Å². The lowest BCUT2D eigenvalue weighted by Crippen LogP contribution is -2.21. The number of carbonyl (C=O) groups excluding carboxylic acids is 1. The molecule has 0 aliphatic carbocycles. The Kier molecular flexibility index (Phi) is 4.20. The van der Waals surface area contributed by atoms with Gasteiger partial charge in [0.15, 0.2) is 5.69 Å². The summed E-state index contributed by atoms with van der Waals surface area (Å²) in [5.74, 6) is 0.155. The van der Waals surface area contributed by atoms with Crippen molar-refractivity contribution in [2.45, 2.75) is 32.9 Å². The van der Waals surface area contributed by atoms with Gasteiger partial charge in [0.25, 0.3) is 11.5 Å². The maximum Gasteiger partial charge on any atom is 0.295 e. The predicted molar refractivity (Wildman–Crippen MR) is 112 cm³/mol. The molecule has 1 aliphatic rings. The highest BCUT2D eigenvalue weighted by atomic mass is 16.3. The van der Waals surface area contributed by atoms with Crippen LogP contribution >= 0.6 is 0 Å². The molecule has 30 heavy (non-hydrogen) atoms. The van der Waals surface area contributed by atoms with Gasteiger partial charge >= 0.3 is 0 Å². The van der Waals surface area contributed by atoms with E-state index in [4.69, 9.17) is 0 Å². The van der Waals surface area contributed by atoms with Crippen LogP contribution in [0.3, 0.4) is 0 Å².